The summed E-state index contributed by atoms with van der Waals surface area (Å²) in [4.78, 5) is 0. The minimum absolute atomic E-state index is 0.169. The van der Waals surface area contributed by atoms with Crippen molar-refractivity contribution < 1.29 is 9.13 Å². The smallest absolute Gasteiger partial charge is 0.141 e. The molecule has 102 valence electrons. The van der Waals surface area contributed by atoms with E-state index < -0.39 is 0 Å². The number of rotatable bonds is 8. The molecule has 0 saturated carbocycles. The highest BCUT2D eigenvalue weighted by molar-refractivity contribution is 6.30. The molecule has 0 radical (unpaired) electrons. The SMILES string of the molecule is CC(C)CCOCCNCc1ccc(F)c(Cl)c1. The van der Waals surface area contributed by atoms with Crippen molar-refractivity contribution >= 4 is 11.6 Å². The summed E-state index contributed by atoms with van der Waals surface area (Å²) in [5.41, 5.74) is 0.976. The first kappa shape index (κ1) is 15.4. The normalized spacial score (nSPS) is 11.2. The molecule has 0 atom stereocenters. The Morgan fingerprint density at radius 3 is 2.78 bits per heavy atom. The molecule has 0 spiro atoms. The molecule has 0 heterocycles. The Kier molecular flexibility index (Phi) is 7.25. The monoisotopic (exact) mass is 273 g/mol. The average Bonchev–Trinajstić information content (AvgIpc) is 2.32. The predicted octanol–water partition coefficient (Wildman–Crippen LogP) is 3.63. The molecule has 1 aromatic carbocycles. The van der Waals surface area contributed by atoms with Gasteiger partial charge < -0.3 is 10.1 Å². The third-order valence-corrected chi connectivity index (χ3v) is 2.87. The van der Waals surface area contributed by atoms with Crippen molar-refractivity contribution in [3.05, 3.63) is 34.6 Å². The third-order valence-electron chi connectivity index (χ3n) is 2.58. The standard InChI is InChI=1S/C14H21ClFNO/c1-11(2)5-7-18-8-6-17-10-12-3-4-14(16)13(15)9-12/h3-4,9,11,17H,5-8,10H2,1-2H3. The summed E-state index contributed by atoms with van der Waals surface area (Å²) in [5, 5.41) is 3.40. The molecule has 0 bridgehead atoms. The Morgan fingerprint density at radius 2 is 2.11 bits per heavy atom. The molecule has 1 N–H and O–H groups in total. The van der Waals surface area contributed by atoms with Gasteiger partial charge in [-0.3, -0.25) is 0 Å². The van der Waals surface area contributed by atoms with Gasteiger partial charge in [-0.1, -0.05) is 31.5 Å². The quantitative estimate of drug-likeness (QED) is 0.731. The number of ether oxygens (including phenoxy) is 1. The maximum Gasteiger partial charge on any atom is 0.141 e. The molecule has 1 rings (SSSR count). The van der Waals surface area contributed by atoms with Crippen LogP contribution in [0.25, 0.3) is 0 Å². The zero-order valence-corrected chi connectivity index (χ0v) is 11.8. The summed E-state index contributed by atoms with van der Waals surface area (Å²) in [5.74, 6) is 0.303. The zero-order chi connectivity index (χ0) is 13.4. The molecule has 1 aromatic rings. The van der Waals surface area contributed by atoms with Crippen molar-refractivity contribution in [1.29, 1.82) is 0 Å². The van der Waals surface area contributed by atoms with Crippen LogP contribution in [0.1, 0.15) is 25.8 Å². The van der Waals surface area contributed by atoms with Crippen molar-refractivity contribution in [2.45, 2.75) is 26.8 Å². The maximum atomic E-state index is 12.9. The van der Waals surface area contributed by atoms with Gasteiger partial charge in [0.2, 0.25) is 0 Å². The highest BCUT2D eigenvalue weighted by atomic mass is 35.5. The van der Waals surface area contributed by atoms with Crippen LogP contribution in [0.3, 0.4) is 0 Å². The van der Waals surface area contributed by atoms with Crippen LogP contribution in [-0.2, 0) is 11.3 Å². The highest BCUT2D eigenvalue weighted by Crippen LogP contribution is 2.15. The Labute approximate surface area is 113 Å². The first-order valence-electron chi connectivity index (χ1n) is 6.32. The summed E-state index contributed by atoms with van der Waals surface area (Å²) in [6.45, 7) is 7.32. The molecule has 18 heavy (non-hydrogen) atoms. The Balaban J connectivity index is 2.09. The van der Waals surface area contributed by atoms with E-state index in [1.165, 1.54) is 6.07 Å². The van der Waals surface area contributed by atoms with Crippen molar-refractivity contribution in [2.75, 3.05) is 19.8 Å². The second-order valence-corrected chi connectivity index (χ2v) is 5.13. The van der Waals surface area contributed by atoms with Crippen LogP contribution in [0, 0.1) is 11.7 Å². The lowest BCUT2D eigenvalue weighted by molar-refractivity contribution is 0.125. The van der Waals surface area contributed by atoms with Crippen LogP contribution < -0.4 is 5.32 Å². The lowest BCUT2D eigenvalue weighted by Crippen LogP contribution is -2.19. The summed E-state index contributed by atoms with van der Waals surface area (Å²) in [6, 6.07) is 4.76. The van der Waals surface area contributed by atoms with Gasteiger partial charge in [-0.05, 0) is 30.0 Å². The van der Waals surface area contributed by atoms with E-state index in [4.69, 9.17) is 16.3 Å². The molecular formula is C14H21ClFNO. The fraction of sp³-hybridized carbons (Fsp3) is 0.571. The van der Waals surface area contributed by atoms with E-state index in [0.717, 1.165) is 25.1 Å². The van der Waals surface area contributed by atoms with E-state index >= 15 is 0 Å². The molecule has 0 amide bonds. The van der Waals surface area contributed by atoms with E-state index in [0.29, 0.717) is 19.1 Å². The number of hydrogen-bond donors (Lipinski definition) is 1. The molecule has 0 saturated heterocycles. The van der Waals surface area contributed by atoms with E-state index in [9.17, 15) is 4.39 Å². The van der Waals surface area contributed by atoms with E-state index in [2.05, 4.69) is 19.2 Å². The molecule has 4 heteroatoms. The van der Waals surface area contributed by atoms with E-state index in [1.54, 1.807) is 12.1 Å². The first-order valence-corrected chi connectivity index (χ1v) is 6.69. The summed E-state index contributed by atoms with van der Waals surface area (Å²) < 4.78 is 18.4. The van der Waals surface area contributed by atoms with Crippen LogP contribution in [0.5, 0.6) is 0 Å². The van der Waals surface area contributed by atoms with Crippen molar-refractivity contribution in [1.82, 2.24) is 5.32 Å². The topological polar surface area (TPSA) is 21.3 Å². The molecule has 0 aliphatic carbocycles. The zero-order valence-electron chi connectivity index (χ0n) is 11.0. The second kappa shape index (κ2) is 8.46. The van der Waals surface area contributed by atoms with Crippen molar-refractivity contribution in [2.24, 2.45) is 5.92 Å². The lowest BCUT2D eigenvalue weighted by atomic mass is 10.1. The second-order valence-electron chi connectivity index (χ2n) is 4.72. The van der Waals surface area contributed by atoms with E-state index in [-0.39, 0.29) is 10.8 Å². The third kappa shape index (κ3) is 6.34. The van der Waals surface area contributed by atoms with Crippen molar-refractivity contribution in [3.8, 4) is 0 Å². The Morgan fingerprint density at radius 1 is 1.33 bits per heavy atom. The number of halogens is 2. The Bertz CT molecular complexity index is 358. The van der Waals surface area contributed by atoms with Gasteiger partial charge in [0.05, 0.1) is 11.6 Å². The van der Waals surface area contributed by atoms with Crippen LogP contribution in [0.2, 0.25) is 5.02 Å². The van der Waals surface area contributed by atoms with Gasteiger partial charge in [-0.15, -0.1) is 0 Å². The van der Waals surface area contributed by atoms with Gasteiger partial charge in [0.25, 0.3) is 0 Å². The molecule has 0 aliphatic heterocycles. The number of nitrogens with one attached hydrogen (secondary N) is 1. The predicted molar refractivity (Wildman–Crippen MR) is 73.4 cm³/mol. The fourth-order valence-corrected chi connectivity index (χ4v) is 1.65. The van der Waals surface area contributed by atoms with E-state index in [1.807, 2.05) is 0 Å². The minimum Gasteiger partial charge on any atom is -0.380 e. The molecular weight excluding hydrogens is 253 g/mol. The van der Waals surface area contributed by atoms with Gasteiger partial charge in [0, 0.05) is 19.7 Å². The van der Waals surface area contributed by atoms with Crippen LogP contribution in [0.15, 0.2) is 18.2 Å². The molecule has 0 unspecified atom stereocenters. The molecule has 2 nitrogen and oxygen atoms in total. The minimum atomic E-state index is -0.377. The lowest BCUT2D eigenvalue weighted by Gasteiger charge is -2.08. The summed E-state index contributed by atoms with van der Waals surface area (Å²) >= 11 is 5.70. The summed E-state index contributed by atoms with van der Waals surface area (Å²) in [7, 11) is 0. The van der Waals surface area contributed by atoms with Gasteiger partial charge in [-0.2, -0.15) is 0 Å². The number of benzene rings is 1. The molecule has 0 fully saturated rings. The Hall–Kier alpha value is -0.640. The van der Waals surface area contributed by atoms with Crippen LogP contribution >= 0.6 is 11.6 Å². The highest BCUT2D eigenvalue weighted by Gasteiger charge is 2.00. The molecule has 0 aliphatic rings. The van der Waals surface area contributed by atoms with Gasteiger partial charge in [0.1, 0.15) is 5.82 Å². The maximum absolute atomic E-state index is 12.9. The fourth-order valence-electron chi connectivity index (χ4n) is 1.45. The first-order chi connectivity index (χ1) is 8.59. The van der Waals surface area contributed by atoms with Crippen LogP contribution in [-0.4, -0.2) is 19.8 Å². The largest absolute Gasteiger partial charge is 0.380 e. The van der Waals surface area contributed by atoms with Gasteiger partial charge >= 0.3 is 0 Å². The number of hydrogen-bond acceptors (Lipinski definition) is 2. The average molecular weight is 274 g/mol. The van der Waals surface area contributed by atoms with Gasteiger partial charge in [0.15, 0.2) is 0 Å². The summed E-state index contributed by atoms with van der Waals surface area (Å²) in [6.07, 6.45) is 1.09. The van der Waals surface area contributed by atoms with Gasteiger partial charge in [-0.25, -0.2) is 4.39 Å². The molecule has 0 aromatic heterocycles. The van der Waals surface area contributed by atoms with Crippen LogP contribution in [0.4, 0.5) is 4.39 Å². The van der Waals surface area contributed by atoms with Crippen molar-refractivity contribution in [3.63, 3.8) is 0 Å².